The molecule has 1 unspecified atom stereocenters. The van der Waals surface area contributed by atoms with E-state index in [1.165, 1.54) is 7.11 Å². The van der Waals surface area contributed by atoms with Gasteiger partial charge in [0.25, 0.3) is 0 Å². The average Bonchev–Trinajstić information content (AvgIpc) is 3.03. The Balaban J connectivity index is 1.83. The van der Waals surface area contributed by atoms with Crippen molar-refractivity contribution in [1.29, 1.82) is 0 Å². The minimum atomic E-state index is -0.813. The second kappa shape index (κ2) is 7.90. The number of carbonyl (C=O) groups is 1. The van der Waals surface area contributed by atoms with Crippen molar-refractivity contribution in [2.75, 3.05) is 13.7 Å². The number of fused-ring (bicyclic) bond motifs is 1. The third-order valence-corrected chi connectivity index (χ3v) is 3.63. The van der Waals surface area contributed by atoms with Crippen molar-refractivity contribution in [3.63, 3.8) is 0 Å². The van der Waals surface area contributed by atoms with E-state index in [0.29, 0.717) is 30.5 Å². The van der Waals surface area contributed by atoms with E-state index in [0.717, 1.165) is 11.1 Å². The first-order chi connectivity index (χ1) is 12.2. The Bertz CT molecular complexity index is 728. The molecule has 0 aliphatic carbocycles. The first-order valence-electron chi connectivity index (χ1n) is 8.05. The normalized spacial score (nSPS) is 15.0. The highest BCUT2D eigenvalue weighted by Gasteiger charge is 2.29. The third kappa shape index (κ3) is 4.22. The molecule has 0 fully saturated rings. The van der Waals surface area contributed by atoms with Crippen LogP contribution in [-0.2, 0) is 27.3 Å². The van der Waals surface area contributed by atoms with Crippen LogP contribution >= 0.6 is 0 Å². The molecule has 0 aromatic heterocycles. The second-order valence-electron chi connectivity index (χ2n) is 5.43. The van der Waals surface area contributed by atoms with Crippen molar-refractivity contribution in [1.82, 2.24) is 0 Å². The zero-order valence-electron chi connectivity index (χ0n) is 14.2. The van der Waals surface area contributed by atoms with Crippen LogP contribution in [0, 0.1) is 0 Å². The Kier molecular flexibility index (Phi) is 5.40. The molecule has 3 rings (SSSR count). The van der Waals surface area contributed by atoms with Gasteiger partial charge in [0, 0.05) is 0 Å². The zero-order chi connectivity index (χ0) is 17.6. The van der Waals surface area contributed by atoms with Crippen molar-refractivity contribution < 1.29 is 28.5 Å². The van der Waals surface area contributed by atoms with Gasteiger partial charge in [0.1, 0.15) is 6.61 Å². The maximum Gasteiger partial charge on any atom is 0.361 e. The standard InChI is InChI=1S/C19H20O6/c1-3-22-19-24-16-10-14(11-17(20)21-2)9-15(18(16)25-19)23-12-13-7-5-4-6-8-13/h4-10,19H,3,11-12H2,1-2H3. The maximum atomic E-state index is 11.6. The van der Waals surface area contributed by atoms with Crippen LogP contribution in [0.3, 0.4) is 0 Å². The van der Waals surface area contributed by atoms with E-state index in [1.807, 2.05) is 37.3 Å². The molecule has 0 N–H and O–H groups in total. The van der Waals surface area contributed by atoms with Gasteiger partial charge in [0.2, 0.25) is 5.75 Å². The molecule has 1 atom stereocenters. The van der Waals surface area contributed by atoms with Gasteiger partial charge < -0.3 is 23.7 Å². The number of esters is 1. The summed E-state index contributed by atoms with van der Waals surface area (Å²) in [5, 5.41) is 0. The van der Waals surface area contributed by atoms with Gasteiger partial charge in [-0.15, -0.1) is 0 Å². The van der Waals surface area contributed by atoms with E-state index in [1.54, 1.807) is 12.1 Å². The number of hydrogen-bond donors (Lipinski definition) is 0. The molecule has 1 aliphatic rings. The lowest BCUT2D eigenvalue weighted by Crippen LogP contribution is -2.21. The Labute approximate surface area is 146 Å². The Hall–Kier alpha value is -2.73. The van der Waals surface area contributed by atoms with E-state index in [-0.39, 0.29) is 12.4 Å². The van der Waals surface area contributed by atoms with Gasteiger partial charge in [0.05, 0.1) is 20.1 Å². The summed E-state index contributed by atoms with van der Waals surface area (Å²) in [5.41, 5.74) is 1.74. The number of carbonyl (C=O) groups excluding carboxylic acids is 1. The maximum absolute atomic E-state index is 11.6. The first-order valence-corrected chi connectivity index (χ1v) is 8.05. The van der Waals surface area contributed by atoms with Crippen molar-refractivity contribution in [2.45, 2.75) is 26.4 Å². The summed E-state index contributed by atoms with van der Waals surface area (Å²) in [6.07, 6.45) is 0.119. The van der Waals surface area contributed by atoms with Crippen LogP contribution < -0.4 is 14.2 Å². The summed E-state index contributed by atoms with van der Waals surface area (Å²) < 4.78 is 27.3. The summed E-state index contributed by atoms with van der Waals surface area (Å²) in [7, 11) is 1.35. The van der Waals surface area contributed by atoms with Crippen LogP contribution in [-0.4, -0.2) is 26.2 Å². The van der Waals surface area contributed by atoms with Gasteiger partial charge >= 0.3 is 12.4 Å². The molecule has 0 radical (unpaired) electrons. The quantitative estimate of drug-likeness (QED) is 0.719. The molecular formula is C19H20O6. The Morgan fingerprint density at radius 3 is 2.64 bits per heavy atom. The lowest BCUT2D eigenvalue weighted by Gasteiger charge is -2.11. The minimum Gasteiger partial charge on any atom is -0.485 e. The molecule has 2 aromatic carbocycles. The molecule has 0 saturated heterocycles. The fraction of sp³-hybridized carbons (Fsp3) is 0.316. The molecule has 6 heteroatoms. The van der Waals surface area contributed by atoms with E-state index >= 15 is 0 Å². The fourth-order valence-electron chi connectivity index (χ4n) is 2.45. The highest BCUT2D eigenvalue weighted by atomic mass is 16.9. The molecule has 0 saturated carbocycles. The van der Waals surface area contributed by atoms with Gasteiger partial charge in [0.15, 0.2) is 11.5 Å². The van der Waals surface area contributed by atoms with Crippen LogP contribution in [0.5, 0.6) is 17.2 Å². The van der Waals surface area contributed by atoms with E-state index in [4.69, 9.17) is 23.7 Å². The summed E-state index contributed by atoms with van der Waals surface area (Å²) >= 11 is 0. The minimum absolute atomic E-state index is 0.119. The molecule has 132 valence electrons. The number of ether oxygens (including phenoxy) is 5. The summed E-state index contributed by atoms with van der Waals surface area (Å²) in [4.78, 5) is 11.6. The molecule has 0 spiro atoms. The molecule has 6 nitrogen and oxygen atoms in total. The predicted molar refractivity (Wildman–Crippen MR) is 89.6 cm³/mol. The zero-order valence-corrected chi connectivity index (χ0v) is 14.2. The van der Waals surface area contributed by atoms with Gasteiger partial charge in [-0.05, 0) is 30.2 Å². The highest BCUT2D eigenvalue weighted by Crippen LogP contribution is 2.44. The fourth-order valence-corrected chi connectivity index (χ4v) is 2.45. The van der Waals surface area contributed by atoms with Gasteiger partial charge in [-0.25, -0.2) is 0 Å². The van der Waals surface area contributed by atoms with Gasteiger partial charge in [-0.1, -0.05) is 30.3 Å². The SMILES string of the molecule is CCOC1Oc2cc(CC(=O)OC)cc(OCc3ccccc3)c2O1. The number of hydrogen-bond acceptors (Lipinski definition) is 6. The van der Waals surface area contributed by atoms with Crippen LogP contribution in [0.25, 0.3) is 0 Å². The third-order valence-electron chi connectivity index (χ3n) is 3.63. The van der Waals surface area contributed by atoms with Gasteiger partial charge in [-0.2, -0.15) is 0 Å². The molecule has 25 heavy (non-hydrogen) atoms. The van der Waals surface area contributed by atoms with Gasteiger partial charge in [-0.3, -0.25) is 4.79 Å². The lowest BCUT2D eigenvalue weighted by atomic mass is 10.1. The smallest absolute Gasteiger partial charge is 0.361 e. The van der Waals surface area contributed by atoms with Crippen LogP contribution in [0.2, 0.25) is 0 Å². The molecule has 1 aliphatic heterocycles. The van der Waals surface area contributed by atoms with Crippen LogP contribution in [0.4, 0.5) is 0 Å². The number of methoxy groups -OCH3 is 1. The largest absolute Gasteiger partial charge is 0.485 e. The van der Waals surface area contributed by atoms with E-state index in [2.05, 4.69) is 0 Å². The van der Waals surface area contributed by atoms with E-state index < -0.39 is 6.48 Å². The average molecular weight is 344 g/mol. The lowest BCUT2D eigenvalue weighted by molar-refractivity contribution is -0.173. The molecule has 0 bridgehead atoms. The van der Waals surface area contributed by atoms with Crippen LogP contribution in [0.1, 0.15) is 18.1 Å². The van der Waals surface area contributed by atoms with E-state index in [9.17, 15) is 4.79 Å². The molecule has 2 aromatic rings. The number of benzene rings is 2. The second-order valence-corrected chi connectivity index (χ2v) is 5.43. The first kappa shape index (κ1) is 17.1. The summed E-state index contributed by atoms with van der Waals surface area (Å²) in [6.45, 7) is 1.86. The Morgan fingerprint density at radius 1 is 1.12 bits per heavy atom. The molecule has 1 heterocycles. The predicted octanol–water partition coefficient (Wildman–Crippen LogP) is 3.07. The summed E-state index contributed by atoms with van der Waals surface area (Å²) in [6, 6.07) is 13.3. The number of rotatable bonds is 7. The topological polar surface area (TPSA) is 63.2 Å². The highest BCUT2D eigenvalue weighted by molar-refractivity contribution is 5.73. The molecular weight excluding hydrogens is 324 g/mol. The monoisotopic (exact) mass is 344 g/mol. The summed E-state index contributed by atoms with van der Waals surface area (Å²) in [5.74, 6) is 1.13. The van der Waals surface area contributed by atoms with Crippen molar-refractivity contribution >= 4 is 5.97 Å². The van der Waals surface area contributed by atoms with Crippen molar-refractivity contribution in [3.8, 4) is 17.2 Å². The Morgan fingerprint density at radius 2 is 1.92 bits per heavy atom. The van der Waals surface area contributed by atoms with Crippen LogP contribution in [0.15, 0.2) is 42.5 Å². The molecule has 0 amide bonds. The van der Waals surface area contributed by atoms with Crippen molar-refractivity contribution in [3.05, 3.63) is 53.6 Å². The van der Waals surface area contributed by atoms with Crippen molar-refractivity contribution in [2.24, 2.45) is 0 Å².